The molecule has 1 aliphatic heterocycles. The first-order valence-electron chi connectivity index (χ1n) is 8.29. The molecule has 7 heteroatoms. The summed E-state index contributed by atoms with van der Waals surface area (Å²) in [6, 6.07) is 7.63. The Morgan fingerprint density at radius 3 is 2.88 bits per heavy atom. The highest BCUT2D eigenvalue weighted by molar-refractivity contribution is 5.54. The van der Waals surface area contributed by atoms with Gasteiger partial charge < -0.3 is 9.88 Å². The Hall–Kier alpha value is -2.83. The summed E-state index contributed by atoms with van der Waals surface area (Å²) in [5.41, 5.74) is 1.63. The van der Waals surface area contributed by atoms with Gasteiger partial charge in [-0.25, -0.2) is 9.97 Å². The van der Waals surface area contributed by atoms with Gasteiger partial charge in [0.1, 0.15) is 5.82 Å². The molecular weight excluding hydrogens is 302 g/mol. The van der Waals surface area contributed by atoms with Gasteiger partial charge in [0, 0.05) is 25.4 Å². The van der Waals surface area contributed by atoms with E-state index in [0.29, 0.717) is 12.5 Å². The summed E-state index contributed by atoms with van der Waals surface area (Å²) >= 11 is 0. The lowest BCUT2D eigenvalue weighted by atomic mass is 10.2. The first-order valence-corrected chi connectivity index (χ1v) is 8.29. The molecule has 24 heavy (non-hydrogen) atoms. The van der Waals surface area contributed by atoms with E-state index >= 15 is 0 Å². The number of aromatic nitrogens is 6. The third kappa shape index (κ3) is 3.10. The van der Waals surface area contributed by atoms with Crippen molar-refractivity contribution < 1.29 is 0 Å². The van der Waals surface area contributed by atoms with Gasteiger partial charge in [-0.05, 0) is 31.0 Å². The van der Waals surface area contributed by atoms with E-state index in [2.05, 4.69) is 35.0 Å². The minimum Gasteiger partial charge on any atom is -0.347 e. The summed E-state index contributed by atoms with van der Waals surface area (Å²) < 4.78 is 2.22. The Morgan fingerprint density at radius 1 is 0.958 bits per heavy atom. The smallest absolute Gasteiger partial charge is 0.223 e. The van der Waals surface area contributed by atoms with Crippen molar-refractivity contribution in [1.82, 2.24) is 29.7 Å². The van der Waals surface area contributed by atoms with Crippen LogP contribution in [0.1, 0.15) is 30.9 Å². The summed E-state index contributed by atoms with van der Waals surface area (Å²) in [5, 5.41) is 11.9. The molecule has 0 spiro atoms. The second kappa shape index (κ2) is 6.74. The largest absolute Gasteiger partial charge is 0.347 e. The van der Waals surface area contributed by atoms with Crippen molar-refractivity contribution >= 4 is 5.95 Å². The van der Waals surface area contributed by atoms with Crippen LogP contribution in [-0.4, -0.2) is 29.7 Å². The predicted octanol–water partition coefficient (Wildman–Crippen LogP) is 2.47. The maximum absolute atomic E-state index is 4.53. The van der Waals surface area contributed by atoms with Gasteiger partial charge in [-0.3, -0.25) is 4.98 Å². The zero-order valence-electron chi connectivity index (χ0n) is 13.4. The van der Waals surface area contributed by atoms with Crippen LogP contribution in [0.4, 0.5) is 5.95 Å². The van der Waals surface area contributed by atoms with Crippen molar-refractivity contribution in [2.24, 2.45) is 0 Å². The first-order chi connectivity index (χ1) is 11.9. The van der Waals surface area contributed by atoms with Crippen LogP contribution in [0.15, 0.2) is 36.7 Å². The number of nitrogens with one attached hydrogen (secondary N) is 1. The van der Waals surface area contributed by atoms with E-state index in [4.69, 9.17) is 0 Å². The highest BCUT2D eigenvalue weighted by atomic mass is 15.3. The van der Waals surface area contributed by atoms with E-state index < -0.39 is 0 Å². The molecule has 4 rings (SSSR count). The lowest BCUT2D eigenvalue weighted by Crippen LogP contribution is -2.11. The van der Waals surface area contributed by atoms with Crippen LogP contribution in [0.25, 0.3) is 11.4 Å². The van der Waals surface area contributed by atoms with Gasteiger partial charge in [0.15, 0.2) is 5.82 Å². The van der Waals surface area contributed by atoms with Crippen molar-refractivity contribution in [3.63, 3.8) is 0 Å². The molecule has 3 aromatic heterocycles. The Kier molecular flexibility index (Phi) is 4.14. The number of aryl methyl sites for hydroxylation is 1. The van der Waals surface area contributed by atoms with Crippen molar-refractivity contribution in [2.75, 3.05) is 5.32 Å². The summed E-state index contributed by atoms with van der Waals surface area (Å²) in [5.74, 6) is 2.61. The molecule has 0 atom stereocenters. The Bertz CT molecular complexity index is 813. The molecule has 4 heterocycles. The molecule has 122 valence electrons. The number of hydrogen-bond donors (Lipinski definition) is 1. The van der Waals surface area contributed by atoms with Crippen LogP contribution in [-0.2, 0) is 19.5 Å². The van der Waals surface area contributed by atoms with Crippen LogP contribution < -0.4 is 5.32 Å². The molecule has 1 aliphatic rings. The van der Waals surface area contributed by atoms with E-state index in [-0.39, 0.29) is 0 Å². The highest BCUT2D eigenvalue weighted by Crippen LogP contribution is 2.16. The van der Waals surface area contributed by atoms with Gasteiger partial charge >= 0.3 is 0 Å². The lowest BCUT2D eigenvalue weighted by molar-refractivity contribution is 0.609. The van der Waals surface area contributed by atoms with Crippen LogP contribution in [0.5, 0.6) is 0 Å². The van der Waals surface area contributed by atoms with Crippen LogP contribution in [0, 0.1) is 0 Å². The zero-order chi connectivity index (χ0) is 16.2. The first kappa shape index (κ1) is 14.7. The number of nitrogens with zero attached hydrogens (tertiary/aromatic N) is 6. The molecule has 0 saturated heterocycles. The number of rotatable bonds is 4. The minimum absolute atomic E-state index is 0.568. The lowest BCUT2D eigenvalue weighted by Gasteiger charge is -2.08. The van der Waals surface area contributed by atoms with E-state index in [1.807, 2.05) is 24.3 Å². The van der Waals surface area contributed by atoms with E-state index in [0.717, 1.165) is 36.0 Å². The average molecular weight is 321 g/mol. The quantitative estimate of drug-likeness (QED) is 0.795. The molecule has 0 bridgehead atoms. The van der Waals surface area contributed by atoms with Crippen LogP contribution >= 0.6 is 0 Å². The van der Waals surface area contributed by atoms with Gasteiger partial charge in [-0.2, -0.15) is 0 Å². The van der Waals surface area contributed by atoms with Crippen LogP contribution in [0.2, 0.25) is 0 Å². The van der Waals surface area contributed by atoms with Crippen LogP contribution in [0.3, 0.4) is 0 Å². The fourth-order valence-corrected chi connectivity index (χ4v) is 2.93. The third-order valence-electron chi connectivity index (χ3n) is 4.17. The maximum atomic E-state index is 4.53. The van der Waals surface area contributed by atoms with Crippen molar-refractivity contribution in [1.29, 1.82) is 0 Å². The fraction of sp³-hybridized carbons (Fsp3) is 0.353. The van der Waals surface area contributed by atoms with E-state index in [9.17, 15) is 0 Å². The molecule has 0 radical (unpaired) electrons. The monoisotopic (exact) mass is 321 g/mol. The Balaban J connectivity index is 1.50. The molecule has 0 aromatic carbocycles. The SMILES string of the molecule is c1ccc(-c2ccnc(NCc3nnc4n3CCCCC4)n2)nc1. The molecule has 0 amide bonds. The predicted molar refractivity (Wildman–Crippen MR) is 90.2 cm³/mol. The van der Waals surface area contributed by atoms with Gasteiger partial charge in [0.2, 0.25) is 5.95 Å². The molecule has 0 saturated carbocycles. The summed E-state index contributed by atoms with van der Waals surface area (Å²) in [4.78, 5) is 13.1. The molecule has 3 aromatic rings. The Morgan fingerprint density at radius 2 is 1.96 bits per heavy atom. The number of fused-ring (bicyclic) bond motifs is 1. The Labute approximate surface area is 140 Å². The topological polar surface area (TPSA) is 81.4 Å². The minimum atomic E-state index is 0.568. The number of hydrogen-bond acceptors (Lipinski definition) is 6. The van der Waals surface area contributed by atoms with Crippen molar-refractivity contribution in [3.05, 3.63) is 48.3 Å². The van der Waals surface area contributed by atoms with Gasteiger partial charge in [-0.1, -0.05) is 12.5 Å². The molecule has 7 nitrogen and oxygen atoms in total. The fourth-order valence-electron chi connectivity index (χ4n) is 2.93. The van der Waals surface area contributed by atoms with E-state index in [1.54, 1.807) is 12.4 Å². The second-order valence-electron chi connectivity index (χ2n) is 5.83. The van der Waals surface area contributed by atoms with Gasteiger partial charge in [0.05, 0.1) is 17.9 Å². The van der Waals surface area contributed by atoms with Crippen molar-refractivity contribution in [3.8, 4) is 11.4 Å². The number of anilines is 1. The standard InChI is InChI=1S/C17H19N7/c1-2-7-15-22-23-16(24(15)11-5-1)12-20-17-19-10-8-14(21-17)13-6-3-4-9-18-13/h3-4,6,8-10H,1-2,5,7,11-12H2,(H,19,20,21). The summed E-state index contributed by atoms with van der Waals surface area (Å²) in [7, 11) is 0. The van der Waals surface area contributed by atoms with Gasteiger partial charge in [-0.15, -0.1) is 10.2 Å². The highest BCUT2D eigenvalue weighted by Gasteiger charge is 2.14. The molecule has 0 aliphatic carbocycles. The summed E-state index contributed by atoms with van der Waals surface area (Å²) in [6.07, 6.45) is 8.15. The average Bonchev–Trinajstić information content (AvgIpc) is 2.87. The zero-order valence-corrected chi connectivity index (χ0v) is 13.4. The normalized spacial score (nSPS) is 14.0. The maximum Gasteiger partial charge on any atom is 0.223 e. The summed E-state index contributed by atoms with van der Waals surface area (Å²) in [6.45, 7) is 1.56. The molecule has 0 unspecified atom stereocenters. The molecular formula is C17H19N7. The molecule has 1 N–H and O–H groups in total. The van der Waals surface area contributed by atoms with Gasteiger partial charge in [0.25, 0.3) is 0 Å². The molecule has 0 fully saturated rings. The number of pyridine rings is 1. The second-order valence-corrected chi connectivity index (χ2v) is 5.83. The van der Waals surface area contributed by atoms with E-state index in [1.165, 1.54) is 19.3 Å². The van der Waals surface area contributed by atoms with Crippen molar-refractivity contribution in [2.45, 2.75) is 38.8 Å². The third-order valence-corrected chi connectivity index (χ3v) is 4.17.